The summed E-state index contributed by atoms with van der Waals surface area (Å²) in [6, 6.07) is 10.1. The van der Waals surface area contributed by atoms with Gasteiger partial charge in [-0.05, 0) is 25.3 Å². The molecule has 0 N–H and O–H groups in total. The molecule has 5 heteroatoms. The highest BCUT2D eigenvalue weighted by atomic mass is 32.2. The minimum absolute atomic E-state index is 0.0149. The van der Waals surface area contributed by atoms with Gasteiger partial charge >= 0.3 is 0 Å². The third kappa shape index (κ3) is 3.02. The Balaban J connectivity index is 1.63. The number of furan rings is 1. The number of amides is 1. The highest BCUT2D eigenvalue weighted by molar-refractivity contribution is 8.20. The van der Waals surface area contributed by atoms with E-state index < -0.39 is 0 Å². The van der Waals surface area contributed by atoms with Gasteiger partial charge in [-0.15, -0.1) is 23.5 Å². The molecular formula is C20H23NO2S2. The molecule has 0 saturated carbocycles. The number of benzene rings is 1. The first-order valence-electron chi connectivity index (χ1n) is 8.81. The summed E-state index contributed by atoms with van der Waals surface area (Å²) in [5.41, 5.74) is 3.50. The van der Waals surface area contributed by atoms with Gasteiger partial charge in [0, 0.05) is 42.6 Å². The van der Waals surface area contributed by atoms with Crippen LogP contribution in [0.25, 0.3) is 0 Å². The smallest absolute Gasteiger partial charge is 0.289 e. The Morgan fingerprint density at radius 2 is 1.96 bits per heavy atom. The molecule has 0 radical (unpaired) electrons. The van der Waals surface area contributed by atoms with Crippen molar-refractivity contribution in [3.8, 4) is 0 Å². The lowest BCUT2D eigenvalue weighted by Gasteiger charge is -2.31. The summed E-state index contributed by atoms with van der Waals surface area (Å²) in [6.45, 7) is 2.66. The fraction of sp³-hybridized carbons (Fsp3) is 0.450. The van der Waals surface area contributed by atoms with Gasteiger partial charge in [0.15, 0.2) is 5.76 Å². The first-order valence-corrected chi connectivity index (χ1v) is 10.8. The van der Waals surface area contributed by atoms with E-state index in [0.29, 0.717) is 12.3 Å². The van der Waals surface area contributed by atoms with Crippen molar-refractivity contribution < 1.29 is 9.21 Å². The van der Waals surface area contributed by atoms with E-state index in [1.807, 2.05) is 60.9 Å². The Morgan fingerprint density at radius 1 is 1.24 bits per heavy atom. The minimum atomic E-state index is -0.0149. The average Bonchev–Trinajstić information content (AvgIpc) is 3.21. The second-order valence-electron chi connectivity index (χ2n) is 6.80. The van der Waals surface area contributed by atoms with Crippen LogP contribution in [-0.2, 0) is 17.0 Å². The summed E-state index contributed by atoms with van der Waals surface area (Å²) in [4.78, 5) is 14.8. The standard InChI is InChI=1S/C20H23NO2S2/c1-14-17-16(9-6-10-20(17)24-11-12-25-20)23-18(14)19(22)21(2)13-15-7-4-3-5-8-15/h3-5,7-8H,6,9-13H2,1-2H3. The fourth-order valence-electron chi connectivity index (χ4n) is 3.90. The van der Waals surface area contributed by atoms with E-state index in [1.165, 1.54) is 23.5 Å². The van der Waals surface area contributed by atoms with Crippen molar-refractivity contribution in [2.24, 2.45) is 0 Å². The molecular weight excluding hydrogens is 350 g/mol. The number of hydrogen-bond donors (Lipinski definition) is 0. The first kappa shape index (κ1) is 17.1. The van der Waals surface area contributed by atoms with Crippen LogP contribution in [0.15, 0.2) is 34.7 Å². The van der Waals surface area contributed by atoms with Gasteiger partial charge in [-0.1, -0.05) is 30.3 Å². The van der Waals surface area contributed by atoms with Crippen LogP contribution in [0.1, 0.15) is 45.8 Å². The monoisotopic (exact) mass is 373 g/mol. The number of carbonyl (C=O) groups excluding carboxylic acids is 1. The topological polar surface area (TPSA) is 33.5 Å². The molecule has 1 aliphatic carbocycles. The van der Waals surface area contributed by atoms with Gasteiger partial charge in [-0.3, -0.25) is 4.79 Å². The maximum Gasteiger partial charge on any atom is 0.289 e. The quantitative estimate of drug-likeness (QED) is 0.772. The van der Waals surface area contributed by atoms with E-state index in [-0.39, 0.29) is 9.99 Å². The molecule has 1 saturated heterocycles. The van der Waals surface area contributed by atoms with Crippen LogP contribution in [0.4, 0.5) is 0 Å². The Morgan fingerprint density at radius 3 is 2.68 bits per heavy atom. The molecule has 2 heterocycles. The lowest BCUT2D eigenvalue weighted by molar-refractivity contribution is 0.0750. The molecule has 1 amide bonds. The lowest BCUT2D eigenvalue weighted by Crippen LogP contribution is -2.26. The van der Waals surface area contributed by atoms with E-state index >= 15 is 0 Å². The van der Waals surface area contributed by atoms with Crippen molar-refractivity contribution in [3.05, 3.63) is 58.5 Å². The predicted molar refractivity (Wildman–Crippen MR) is 105 cm³/mol. The summed E-state index contributed by atoms with van der Waals surface area (Å²) >= 11 is 4.07. The van der Waals surface area contributed by atoms with Crippen LogP contribution in [0.2, 0.25) is 0 Å². The van der Waals surface area contributed by atoms with E-state index in [9.17, 15) is 4.79 Å². The summed E-state index contributed by atoms with van der Waals surface area (Å²) in [7, 11) is 1.85. The molecule has 0 unspecified atom stereocenters. The van der Waals surface area contributed by atoms with Gasteiger partial charge in [0.1, 0.15) is 5.76 Å². The zero-order chi connectivity index (χ0) is 17.4. The molecule has 1 aromatic heterocycles. The van der Waals surface area contributed by atoms with Crippen LogP contribution >= 0.6 is 23.5 Å². The van der Waals surface area contributed by atoms with Crippen molar-refractivity contribution in [2.45, 2.75) is 36.8 Å². The normalized spacial score (nSPS) is 18.3. The molecule has 2 aromatic rings. The molecule has 2 aliphatic rings. The van der Waals surface area contributed by atoms with E-state index in [1.54, 1.807) is 4.90 Å². The summed E-state index contributed by atoms with van der Waals surface area (Å²) in [6.07, 6.45) is 3.28. The molecule has 0 atom stereocenters. The second kappa shape index (κ2) is 6.76. The summed E-state index contributed by atoms with van der Waals surface area (Å²) in [5.74, 6) is 3.94. The zero-order valence-electron chi connectivity index (χ0n) is 14.7. The van der Waals surface area contributed by atoms with Crippen LogP contribution < -0.4 is 0 Å². The minimum Gasteiger partial charge on any atom is -0.455 e. The number of fused-ring (bicyclic) bond motifs is 2. The second-order valence-corrected chi connectivity index (χ2v) is 9.85. The fourth-order valence-corrected chi connectivity index (χ4v) is 7.46. The Kier molecular flexibility index (Phi) is 4.63. The lowest BCUT2D eigenvalue weighted by atomic mass is 9.94. The van der Waals surface area contributed by atoms with Crippen LogP contribution in [0.5, 0.6) is 0 Å². The number of thioether (sulfide) groups is 2. The van der Waals surface area contributed by atoms with Crippen LogP contribution in [0.3, 0.4) is 0 Å². The maximum atomic E-state index is 13.0. The molecule has 4 rings (SSSR count). The van der Waals surface area contributed by atoms with E-state index in [2.05, 4.69) is 6.92 Å². The van der Waals surface area contributed by atoms with Gasteiger partial charge in [0.25, 0.3) is 5.91 Å². The number of hydrogen-bond acceptors (Lipinski definition) is 4. The molecule has 3 nitrogen and oxygen atoms in total. The highest BCUT2D eigenvalue weighted by Gasteiger charge is 2.45. The first-order chi connectivity index (χ1) is 12.1. The number of rotatable bonds is 3. The van der Waals surface area contributed by atoms with E-state index in [0.717, 1.165) is 29.7 Å². The third-order valence-electron chi connectivity index (χ3n) is 5.07. The van der Waals surface area contributed by atoms with E-state index in [4.69, 9.17) is 4.42 Å². The molecule has 1 fully saturated rings. The SMILES string of the molecule is Cc1c(C(=O)N(C)Cc2ccccc2)oc2c1C1(CCC2)SCCS1. The van der Waals surface area contributed by atoms with Crippen LogP contribution in [0, 0.1) is 6.92 Å². The molecule has 1 aliphatic heterocycles. The van der Waals surface area contributed by atoms with Gasteiger partial charge in [0.2, 0.25) is 0 Å². The Bertz CT molecular complexity index is 778. The number of nitrogens with zero attached hydrogens (tertiary/aromatic N) is 1. The van der Waals surface area contributed by atoms with Crippen molar-refractivity contribution in [1.82, 2.24) is 4.90 Å². The number of aryl methyl sites for hydroxylation is 1. The summed E-state index contributed by atoms with van der Waals surface area (Å²) < 4.78 is 6.25. The largest absolute Gasteiger partial charge is 0.455 e. The highest BCUT2D eigenvalue weighted by Crippen LogP contribution is 2.59. The predicted octanol–water partition coefficient (Wildman–Crippen LogP) is 4.83. The zero-order valence-corrected chi connectivity index (χ0v) is 16.3. The molecule has 1 spiro atoms. The van der Waals surface area contributed by atoms with Gasteiger partial charge < -0.3 is 9.32 Å². The van der Waals surface area contributed by atoms with Gasteiger partial charge in [-0.2, -0.15) is 0 Å². The van der Waals surface area contributed by atoms with Crippen LogP contribution in [-0.4, -0.2) is 29.4 Å². The van der Waals surface area contributed by atoms with Crippen molar-refractivity contribution >= 4 is 29.4 Å². The van der Waals surface area contributed by atoms with Gasteiger partial charge in [0.05, 0.1) is 4.08 Å². The maximum absolute atomic E-state index is 13.0. The molecule has 1 aromatic carbocycles. The number of carbonyl (C=O) groups is 1. The average molecular weight is 374 g/mol. The van der Waals surface area contributed by atoms with Gasteiger partial charge in [-0.25, -0.2) is 0 Å². The summed E-state index contributed by atoms with van der Waals surface area (Å²) in [5, 5.41) is 0. The Labute approximate surface area is 157 Å². The van der Waals surface area contributed by atoms with Crippen molar-refractivity contribution in [1.29, 1.82) is 0 Å². The third-order valence-corrected chi connectivity index (χ3v) is 8.60. The molecule has 25 heavy (non-hydrogen) atoms. The Hall–Kier alpha value is -1.33. The van der Waals surface area contributed by atoms with Crippen molar-refractivity contribution in [2.75, 3.05) is 18.6 Å². The molecule has 132 valence electrons. The van der Waals surface area contributed by atoms with Crippen molar-refractivity contribution in [3.63, 3.8) is 0 Å². The molecule has 0 bridgehead atoms.